The first-order valence-corrected chi connectivity index (χ1v) is 10.7. The number of rotatable bonds is 6. The predicted octanol–water partition coefficient (Wildman–Crippen LogP) is 1.57. The molecule has 0 bridgehead atoms. The molecular formula is C20H22N2O6S. The van der Waals surface area contributed by atoms with E-state index in [1.165, 1.54) is 12.0 Å². The Bertz CT molecular complexity index is 1050. The number of carbonyl (C=O) groups is 1. The second kappa shape index (κ2) is 7.57. The maximum atomic E-state index is 13.2. The molecule has 0 saturated carbocycles. The van der Waals surface area contributed by atoms with Crippen LogP contribution in [0.1, 0.15) is 21.5 Å². The van der Waals surface area contributed by atoms with E-state index in [1.54, 1.807) is 7.05 Å². The van der Waals surface area contributed by atoms with E-state index in [9.17, 15) is 13.2 Å². The average molecular weight is 418 g/mol. The largest absolute Gasteiger partial charge is 0.492 e. The van der Waals surface area contributed by atoms with Crippen LogP contribution in [0.15, 0.2) is 35.2 Å². The Hall–Kier alpha value is -2.78. The van der Waals surface area contributed by atoms with E-state index in [0.29, 0.717) is 24.9 Å². The summed E-state index contributed by atoms with van der Waals surface area (Å²) < 4.78 is 45.5. The molecule has 2 heterocycles. The van der Waals surface area contributed by atoms with E-state index in [0.717, 1.165) is 5.56 Å². The van der Waals surface area contributed by atoms with Gasteiger partial charge in [-0.05, 0) is 24.0 Å². The minimum atomic E-state index is -3.94. The smallest absolute Gasteiger partial charge is 0.257 e. The highest BCUT2D eigenvalue weighted by Gasteiger charge is 2.40. The van der Waals surface area contributed by atoms with Crippen molar-refractivity contribution < 1.29 is 27.4 Å². The summed E-state index contributed by atoms with van der Waals surface area (Å²) in [5.41, 5.74) is 1.64. The molecule has 1 amide bonds. The van der Waals surface area contributed by atoms with Crippen molar-refractivity contribution in [2.75, 3.05) is 34.0 Å². The van der Waals surface area contributed by atoms with Crippen LogP contribution in [0.2, 0.25) is 0 Å². The van der Waals surface area contributed by atoms with Gasteiger partial charge in [0.1, 0.15) is 4.90 Å². The molecule has 2 aliphatic rings. The molecule has 8 nitrogen and oxygen atoms in total. The normalized spacial score (nSPS) is 15.4. The van der Waals surface area contributed by atoms with E-state index in [1.807, 2.05) is 30.3 Å². The highest BCUT2D eigenvalue weighted by molar-refractivity contribution is 7.89. The molecule has 0 aliphatic carbocycles. The van der Waals surface area contributed by atoms with Gasteiger partial charge in [0.2, 0.25) is 22.6 Å². The fraction of sp³-hybridized carbons (Fsp3) is 0.350. The monoisotopic (exact) mass is 418 g/mol. The molecule has 0 spiro atoms. The van der Waals surface area contributed by atoms with E-state index in [4.69, 9.17) is 14.2 Å². The van der Waals surface area contributed by atoms with Crippen LogP contribution >= 0.6 is 0 Å². The van der Waals surface area contributed by atoms with Crippen molar-refractivity contribution in [3.63, 3.8) is 0 Å². The SMILES string of the molecule is COc1c2c(c(S(=O)(=O)NCCc3ccccc3)c3c1C(=O)N(C)CC3)OCO2. The van der Waals surface area contributed by atoms with E-state index >= 15 is 0 Å². The third kappa shape index (κ3) is 3.40. The van der Waals surface area contributed by atoms with Crippen LogP contribution in [-0.2, 0) is 22.9 Å². The van der Waals surface area contributed by atoms with Gasteiger partial charge in [-0.25, -0.2) is 13.1 Å². The summed E-state index contributed by atoms with van der Waals surface area (Å²) in [5, 5.41) is 0. The third-order valence-electron chi connectivity index (χ3n) is 5.11. The molecule has 29 heavy (non-hydrogen) atoms. The molecule has 4 rings (SSSR count). The Kier molecular flexibility index (Phi) is 5.10. The maximum absolute atomic E-state index is 13.2. The second-order valence-electron chi connectivity index (χ2n) is 6.89. The van der Waals surface area contributed by atoms with Crippen LogP contribution in [-0.4, -0.2) is 53.3 Å². The Morgan fingerprint density at radius 2 is 1.90 bits per heavy atom. The molecule has 2 aromatic carbocycles. The molecule has 154 valence electrons. The number of fused-ring (bicyclic) bond motifs is 2. The third-order valence-corrected chi connectivity index (χ3v) is 6.66. The number of amides is 1. The molecule has 0 aromatic heterocycles. The molecule has 0 atom stereocenters. The van der Waals surface area contributed by atoms with Crippen LogP contribution in [0, 0.1) is 0 Å². The van der Waals surface area contributed by atoms with Crippen LogP contribution in [0.4, 0.5) is 0 Å². The lowest BCUT2D eigenvalue weighted by molar-refractivity contribution is 0.0775. The number of sulfonamides is 1. The van der Waals surface area contributed by atoms with Gasteiger partial charge in [0, 0.05) is 20.1 Å². The Labute approximate surface area is 169 Å². The van der Waals surface area contributed by atoms with Crippen LogP contribution in [0.5, 0.6) is 17.2 Å². The number of methoxy groups -OCH3 is 1. The number of hydrogen-bond donors (Lipinski definition) is 1. The van der Waals surface area contributed by atoms with Crippen molar-refractivity contribution in [1.82, 2.24) is 9.62 Å². The molecule has 0 unspecified atom stereocenters. The van der Waals surface area contributed by atoms with Gasteiger partial charge in [-0.2, -0.15) is 0 Å². The summed E-state index contributed by atoms with van der Waals surface area (Å²) in [7, 11) is -0.854. The van der Waals surface area contributed by atoms with Gasteiger partial charge in [-0.1, -0.05) is 30.3 Å². The standard InChI is InChI=1S/C20H22N2O6S/c1-22-11-9-14-15(20(22)23)16(26-2)17-18(28-12-27-17)19(14)29(24,25)21-10-8-13-6-4-3-5-7-13/h3-7,21H,8-12H2,1-2H3. The maximum Gasteiger partial charge on any atom is 0.257 e. The molecule has 9 heteroatoms. The molecular weight excluding hydrogens is 396 g/mol. The Balaban J connectivity index is 1.75. The van der Waals surface area contributed by atoms with Gasteiger partial charge in [-0.3, -0.25) is 4.79 Å². The topological polar surface area (TPSA) is 94.2 Å². The molecule has 2 aromatic rings. The first-order valence-electron chi connectivity index (χ1n) is 9.25. The van der Waals surface area contributed by atoms with Crippen molar-refractivity contribution in [2.24, 2.45) is 0 Å². The lowest BCUT2D eigenvalue weighted by Crippen LogP contribution is -2.36. The van der Waals surface area contributed by atoms with E-state index in [-0.39, 0.29) is 47.0 Å². The van der Waals surface area contributed by atoms with Crippen LogP contribution in [0.3, 0.4) is 0 Å². The zero-order chi connectivity index (χ0) is 20.6. The Morgan fingerprint density at radius 1 is 1.17 bits per heavy atom. The number of carbonyl (C=O) groups excluding carboxylic acids is 1. The Morgan fingerprint density at radius 3 is 2.62 bits per heavy atom. The number of nitrogens with zero attached hydrogens (tertiary/aromatic N) is 1. The lowest BCUT2D eigenvalue weighted by atomic mass is 9.97. The number of likely N-dealkylation sites (N-methyl/N-ethyl adjacent to an activating group) is 1. The predicted molar refractivity (Wildman–Crippen MR) is 105 cm³/mol. The second-order valence-corrected chi connectivity index (χ2v) is 8.59. The fourth-order valence-corrected chi connectivity index (χ4v) is 5.12. The van der Waals surface area contributed by atoms with Crippen molar-refractivity contribution in [3.8, 4) is 17.2 Å². The number of benzene rings is 2. The number of hydrogen-bond acceptors (Lipinski definition) is 6. The summed E-state index contributed by atoms with van der Waals surface area (Å²) >= 11 is 0. The molecule has 0 radical (unpaired) electrons. The first kappa shape index (κ1) is 19.5. The van der Waals surface area contributed by atoms with E-state index in [2.05, 4.69) is 4.72 Å². The minimum Gasteiger partial charge on any atom is -0.492 e. The van der Waals surface area contributed by atoms with Crippen LogP contribution in [0.25, 0.3) is 0 Å². The highest BCUT2D eigenvalue weighted by Crippen LogP contribution is 2.51. The summed E-state index contributed by atoms with van der Waals surface area (Å²) in [6.45, 7) is 0.489. The van der Waals surface area contributed by atoms with Gasteiger partial charge in [0.05, 0.1) is 12.7 Å². The van der Waals surface area contributed by atoms with Crippen molar-refractivity contribution in [2.45, 2.75) is 17.7 Å². The molecule has 2 aliphatic heterocycles. The van der Waals surface area contributed by atoms with Gasteiger partial charge in [0.15, 0.2) is 11.5 Å². The van der Waals surface area contributed by atoms with Crippen molar-refractivity contribution in [1.29, 1.82) is 0 Å². The lowest BCUT2D eigenvalue weighted by Gasteiger charge is -2.28. The quantitative estimate of drug-likeness (QED) is 0.765. The molecule has 1 N–H and O–H groups in total. The van der Waals surface area contributed by atoms with Crippen molar-refractivity contribution in [3.05, 3.63) is 47.0 Å². The molecule has 0 fully saturated rings. The number of nitrogens with one attached hydrogen (secondary N) is 1. The first-order chi connectivity index (χ1) is 13.9. The van der Waals surface area contributed by atoms with Gasteiger partial charge >= 0.3 is 0 Å². The van der Waals surface area contributed by atoms with Crippen molar-refractivity contribution >= 4 is 15.9 Å². The summed E-state index contributed by atoms with van der Waals surface area (Å²) in [4.78, 5) is 14.3. The van der Waals surface area contributed by atoms with Gasteiger partial charge in [-0.15, -0.1) is 0 Å². The fourth-order valence-electron chi connectivity index (χ4n) is 3.68. The minimum absolute atomic E-state index is 0.0321. The van der Waals surface area contributed by atoms with E-state index < -0.39 is 10.0 Å². The van der Waals surface area contributed by atoms with Crippen LogP contribution < -0.4 is 18.9 Å². The summed E-state index contributed by atoms with van der Waals surface area (Å²) in [6, 6.07) is 9.60. The van der Waals surface area contributed by atoms with Gasteiger partial charge in [0.25, 0.3) is 5.91 Å². The zero-order valence-electron chi connectivity index (χ0n) is 16.2. The average Bonchev–Trinajstić information content (AvgIpc) is 3.18. The van der Waals surface area contributed by atoms with Gasteiger partial charge < -0.3 is 19.1 Å². The molecule has 0 saturated heterocycles. The zero-order valence-corrected chi connectivity index (χ0v) is 17.0. The highest BCUT2D eigenvalue weighted by atomic mass is 32.2. The summed E-state index contributed by atoms with van der Waals surface area (Å²) in [6.07, 6.45) is 0.916. The summed E-state index contributed by atoms with van der Waals surface area (Å²) in [5.74, 6) is 0.165. The number of ether oxygens (including phenoxy) is 3.